The van der Waals surface area contributed by atoms with Crippen LogP contribution in [-0.4, -0.2) is 52.4 Å². The highest BCUT2D eigenvalue weighted by molar-refractivity contribution is 7.89. The summed E-state index contributed by atoms with van der Waals surface area (Å²) >= 11 is 0.954. The lowest BCUT2D eigenvalue weighted by atomic mass is 9.97. The van der Waals surface area contributed by atoms with E-state index in [1.165, 1.54) is 35.5 Å². The number of amides is 2. The molecule has 0 saturated carbocycles. The predicted molar refractivity (Wildman–Crippen MR) is 122 cm³/mol. The van der Waals surface area contributed by atoms with Crippen LogP contribution in [0.25, 0.3) is 11.0 Å². The van der Waals surface area contributed by atoms with Gasteiger partial charge in [0.05, 0.1) is 17.4 Å². The van der Waals surface area contributed by atoms with Crippen molar-refractivity contribution in [3.63, 3.8) is 0 Å². The molecule has 2 N–H and O–H groups in total. The fourth-order valence-corrected chi connectivity index (χ4v) is 5.91. The molecule has 2 heterocycles. The maximum absolute atomic E-state index is 13.7. The molecule has 12 heteroatoms. The van der Waals surface area contributed by atoms with E-state index in [0.717, 1.165) is 11.7 Å². The third kappa shape index (κ3) is 4.87. The maximum Gasteiger partial charge on any atom is 0.246 e. The number of rotatable bonds is 6. The third-order valence-corrected chi connectivity index (χ3v) is 8.05. The molecule has 174 valence electrons. The van der Waals surface area contributed by atoms with E-state index < -0.39 is 33.7 Å². The van der Waals surface area contributed by atoms with Crippen LogP contribution in [0.3, 0.4) is 0 Å². The lowest BCUT2D eigenvalue weighted by Gasteiger charge is -2.31. The Morgan fingerprint density at radius 1 is 1.12 bits per heavy atom. The molecule has 33 heavy (non-hydrogen) atoms. The van der Waals surface area contributed by atoms with Crippen LogP contribution in [0, 0.1) is 11.7 Å². The second kappa shape index (κ2) is 9.49. The van der Waals surface area contributed by atoms with Crippen LogP contribution in [0.15, 0.2) is 47.4 Å². The Kier molecular flexibility index (Phi) is 6.68. The largest absolute Gasteiger partial charge is 0.344 e. The van der Waals surface area contributed by atoms with Gasteiger partial charge in [-0.2, -0.15) is 13.1 Å². The Morgan fingerprint density at radius 3 is 2.58 bits per heavy atom. The summed E-state index contributed by atoms with van der Waals surface area (Å²) in [7, 11) is -3.78. The number of hydrogen-bond acceptors (Lipinski definition) is 7. The number of para-hydroxylation sites is 1. The number of sulfonamides is 1. The van der Waals surface area contributed by atoms with E-state index in [2.05, 4.69) is 19.4 Å². The first-order valence-electron chi connectivity index (χ1n) is 10.3. The minimum atomic E-state index is -3.78. The molecular formula is C21H22FN5O4S2. The molecule has 0 radical (unpaired) electrons. The van der Waals surface area contributed by atoms with Crippen molar-refractivity contribution in [3.8, 4) is 0 Å². The quantitative estimate of drug-likeness (QED) is 0.546. The number of hydrogen-bond donors (Lipinski definition) is 2. The molecule has 2 aromatic carbocycles. The molecule has 1 atom stereocenters. The number of piperidine rings is 1. The molecule has 9 nitrogen and oxygen atoms in total. The van der Waals surface area contributed by atoms with Crippen molar-refractivity contribution in [2.45, 2.75) is 30.7 Å². The summed E-state index contributed by atoms with van der Waals surface area (Å²) in [6.45, 7) is 1.85. The van der Waals surface area contributed by atoms with E-state index in [-0.39, 0.29) is 29.6 Å². The van der Waals surface area contributed by atoms with Crippen LogP contribution < -0.4 is 10.6 Å². The number of benzene rings is 2. The van der Waals surface area contributed by atoms with Gasteiger partial charge < -0.3 is 10.6 Å². The van der Waals surface area contributed by atoms with Gasteiger partial charge in [-0.3, -0.25) is 9.59 Å². The lowest BCUT2D eigenvalue weighted by molar-refractivity contribution is -0.129. The molecular weight excluding hydrogens is 469 g/mol. The van der Waals surface area contributed by atoms with Crippen LogP contribution >= 0.6 is 11.7 Å². The monoisotopic (exact) mass is 491 g/mol. The SMILES string of the molecule is C[C@H](NC(=O)C1CCN(S(=O)(=O)c2cccc3nsnc23)CC1)C(=O)Nc1ccccc1F. The second-order valence-corrected chi connectivity index (χ2v) is 10.2. The number of aromatic nitrogens is 2. The summed E-state index contributed by atoms with van der Waals surface area (Å²) in [5.74, 6) is -1.88. The van der Waals surface area contributed by atoms with Gasteiger partial charge in [0, 0.05) is 19.0 Å². The number of fused-ring (bicyclic) bond motifs is 1. The predicted octanol–water partition coefficient (Wildman–Crippen LogP) is 2.37. The molecule has 1 saturated heterocycles. The Bertz CT molecular complexity index is 1290. The van der Waals surface area contributed by atoms with Crippen LogP contribution in [-0.2, 0) is 19.6 Å². The topological polar surface area (TPSA) is 121 Å². The lowest BCUT2D eigenvalue weighted by Crippen LogP contribution is -2.47. The minimum Gasteiger partial charge on any atom is -0.344 e. The van der Waals surface area contributed by atoms with Gasteiger partial charge in [0.1, 0.15) is 27.8 Å². The Balaban J connectivity index is 1.34. The summed E-state index contributed by atoms with van der Waals surface area (Å²) in [5.41, 5.74) is 0.905. The van der Waals surface area contributed by atoms with Crippen LogP contribution in [0.4, 0.5) is 10.1 Å². The normalized spacial score (nSPS) is 16.4. The van der Waals surface area contributed by atoms with E-state index in [4.69, 9.17) is 0 Å². The smallest absolute Gasteiger partial charge is 0.246 e. The van der Waals surface area contributed by atoms with Gasteiger partial charge in [-0.05, 0) is 44.0 Å². The van der Waals surface area contributed by atoms with Gasteiger partial charge in [-0.15, -0.1) is 0 Å². The van der Waals surface area contributed by atoms with Crippen molar-refractivity contribution in [1.82, 2.24) is 18.4 Å². The van der Waals surface area contributed by atoms with Crippen molar-refractivity contribution < 1.29 is 22.4 Å². The van der Waals surface area contributed by atoms with Crippen molar-refractivity contribution in [2.24, 2.45) is 5.92 Å². The average molecular weight is 492 g/mol. The number of carbonyl (C=O) groups excluding carboxylic acids is 2. The van der Waals surface area contributed by atoms with E-state index in [0.29, 0.717) is 23.9 Å². The second-order valence-electron chi connectivity index (χ2n) is 7.77. The molecule has 1 aliphatic heterocycles. The molecule has 4 rings (SSSR count). The number of carbonyl (C=O) groups is 2. The van der Waals surface area contributed by atoms with Gasteiger partial charge >= 0.3 is 0 Å². The molecule has 3 aromatic rings. The first-order valence-corrected chi connectivity index (χ1v) is 12.5. The zero-order chi connectivity index (χ0) is 23.6. The zero-order valence-electron chi connectivity index (χ0n) is 17.7. The van der Waals surface area contributed by atoms with Crippen molar-refractivity contribution in [3.05, 3.63) is 48.3 Å². The molecule has 1 fully saturated rings. The molecule has 0 aliphatic carbocycles. The minimum absolute atomic E-state index is 0.0347. The van der Waals surface area contributed by atoms with Crippen LogP contribution in [0.2, 0.25) is 0 Å². The number of halogens is 1. The molecule has 0 bridgehead atoms. The fourth-order valence-electron chi connectivity index (χ4n) is 3.69. The zero-order valence-corrected chi connectivity index (χ0v) is 19.3. The fraction of sp³-hybridized carbons (Fsp3) is 0.333. The van der Waals surface area contributed by atoms with Crippen molar-refractivity contribution in [2.75, 3.05) is 18.4 Å². The summed E-state index contributed by atoms with van der Waals surface area (Å²) in [6, 6.07) is 9.72. The van der Waals surface area contributed by atoms with Gasteiger partial charge in [0.2, 0.25) is 21.8 Å². The standard InChI is InChI=1S/C21H22FN5O4S2/c1-13(20(28)24-16-6-3-2-5-15(16)22)23-21(29)14-9-11-27(12-10-14)33(30,31)18-8-4-7-17-19(18)26-32-25-17/h2-8,13-14H,9-12H2,1H3,(H,23,29)(H,24,28)/t13-/m0/s1. The van der Waals surface area contributed by atoms with E-state index in [9.17, 15) is 22.4 Å². The van der Waals surface area contributed by atoms with E-state index >= 15 is 0 Å². The molecule has 0 spiro atoms. The number of nitrogens with one attached hydrogen (secondary N) is 2. The number of anilines is 1. The van der Waals surface area contributed by atoms with E-state index in [1.807, 2.05) is 0 Å². The van der Waals surface area contributed by atoms with Gasteiger partial charge in [-0.25, -0.2) is 12.8 Å². The average Bonchev–Trinajstić information content (AvgIpc) is 3.29. The summed E-state index contributed by atoms with van der Waals surface area (Å²) in [4.78, 5) is 25.1. The van der Waals surface area contributed by atoms with Gasteiger partial charge in [0.15, 0.2) is 0 Å². The van der Waals surface area contributed by atoms with Crippen LogP contribution in [0.5, 0.6) is 0 Å². The molecule has 1 aromatic heterocycles. The van der Waals surface area contributed by atoms with Crippen LogP contribution in [0.1, 0.15) is 19.8 Å². The maximum atomic E-state index is 13.7. The summed E-state index contributed by atoms with van der Waals surface area (Å²) < 4.78 is 49.5. The Morgan fingerprint density at radius 2 is 1.85 bits per heavy atom. The first kappa shape index (κ1) is 23.2. The molecule has 1 aliphatic rings. The van der Waals surface area contributed by atoms with Crippen molar-refractivity contribution in [1.29, 1.82) is 0 Å². The highest BCUT2D eigenvalue weighted by atomic mass is 32.2. The van der Waals surface area contributed by atoms with Gasteiger partial charge in [0.25, 0.3) is 0 Å². The Labute approximate surface area is 194 Å². The Hall–Kier alpha value is -2.96. The first-order chi connectivity index (χ1) is 15.8. The highest BCUT2D eigenvalue weighted by Crippen LogP contribution is 2.28. The molecule has 2 amide bonds. The summed E-state index contributed by atoms with van der Waals surface area (Å²) in [6.07, 6.45) is 0.635. The third-order valence-electron chi connectivity index (χ3n) is 5.58. The summed E-state index contributed by atoms with van der Waals surface area (Å²) in [5, 5.41) is 5.09. The number of nitrogens with zero attached hydrogens (tertiary/aromatic N) is 3. The van der Waals surface area contributed by atoms with E-state index in [1.54, 1.807) is 18.2 Å². The van der Waals surface area contributed by atoms with Crippen molar-refractivity contribution >= 4 is 50.3 Å². The highest BCUT2D eigenvalue weighted by Gasteiger charge is 2.34. The van der Waals surface area contributed by atoms with Gasteiger partial charge in [-0.1, -0.05) is 18.2 Å². The molecule has 0 unspecified atom stereocenters.